The molecule has 0 unspecified atom stereocenters. The van der Waals surface area contributed by atoms with Crippen LogP contribution in [0.5, 0.6) is 0 Å². The Morgan fingerprint density at radius 2 is 1.86 bits per heavy atom. The molecule has 1 heterocycles. The Balaban J connectivity index is 2.83. The van der Waals surface area contributed by atoms with Crippen molar-refractivity contribution >= 4 is 23.5 Å². The van der Waals surface area contributed by atoms with E-state index < -0.39 is 41.9 Å². The minimum absolute atomic E-state index is 0.260. The third-order valence-electron chi connectivity index (χ3n) is 2.69. The molecule has 0 spiro atoms. The molecule has 0 saturated carbocycles. The summed E-state index contributed by atoms with van der Waals surface area (Å²) >= 11 is 5.42. The van der Waals surface area contributed by atoms with Crippen molar-refractivity contribution in [2.24, 2.45) is 0 Å². The first-order valence-electron chi connectivity index (χ1n) is 6.26. The molecule has 0 radical (unpaired) electrons. The van der Waals surface area contributed by atoms with E-state index in [2.05, 4.69) is 4.74 Å². The minimum Gasteiger partial charge on any atom is -0.444 e. The van der Waals surface area contributed by atoms with Crippen molar-refractivity contribution < 1.29 is 32.2 Å². The lowest BCUT2D eigenvalue weighted by Gasteiger charge is -2.27. The summed E-state index contributed by atoms with van der Waals surface area (Å²) in [5, 5.41) is 0. The summed E-state index contributed by atoms with van der Waals surface area (Å²) in [7, 11) is 0. The molecular weight excluding hydrogens is 315 g/mol. The van der Waals surface area contributed by atoms with E-state index in [1.54, 1.807) is 20.8 Å². The molecule has 0 aromatic rings. The fourth-order valence-corrected chi connectivity index (χ4v) is 2.17. The van der Waals surface area contributed by atoms with E-state index in [-0.39, 0.29) is 13.0 Å². The number of likely N-dealkylation sites (tertiary alicyclic amines) is 1. The van der Waals surface area contributed by atoms with Gasteiger partial charge < -0.3 is 4.74 Å². The number of carbonyl (C=O) groups excluding carboxylic acids is 2. The van der Waals surface area contributed by atoms with E-state index in [0.717, 1.165) is 4.90 Å². The number of carbonyl (C=O) groups is 2. The normalized spacial score (nSPS) is 23.3. The molecule has 1 rings (SSSR count). The highest BCUT2D eigenvalue weighted by molar-refractivity contribution is 6.28. The van der Waals surface area contributed by atoms with Crippen LogP contribution in [-0.4, -0.2) is 53.3 Å². The fraction of sp³-hybridized carbons (Fsp3) is 0.833. The summed E-state index contributed by atoms with van der Waals surface area (Å²) in [4.78, 5) is 24.6. The summed E-state index contributed by atoms with van der Waals surface area (Å²) in [6.45, 7) is 4.47. The molecule has 9 heteroatoms. The fourth-order valence-electron chi connectivity index (χ4n) is 1.99. The number of amides is 1. The van der Waals surface area contributed by atoms with Crippen molar-refractivity contribution in [3.8, 4) is 0 Å². The van der Waals surface area contributed by atoms with Crippen molar-refractivity contribution in [1.82, 2.24) is 4.90 Å². The highest BCUT2D eigenvalue weighted by Gasteiger charge is 2.45. The Morgan fingerprint density at radius 3 is 2.29 bits per heavy atom. The summed E-state index contributed by atoms with van der Waals surface area (Å²) < 4.78 is 45.7. The number of rotatable bonds is 3. The van der Waals surface area contributed by atoms with E-state index in [9.17, 15) is 22.8 Å². The maximum atomic E-state index is 12.2. The van der Waals surface area contributed by atoms with E-state index >= 15 is 0 Å². The van der Waals surface area contributed by atoms with Crippen molar-refractivity contribution in [3.05, 3.63) is 0 Å². The van der Waals surface area contributed by atoms with Gasteiger partial charge in [-0.15, -0.1) is 24.8 Å². The van der Waals surface area contributed by atoms with Crippen molar-refractivity contribution in [2.75, 3.05) is 12.4 Å². The molecule has 0 aliphatic carbocycles. The maximum absolute atomic E-state index is 12.2. The summed E-state index contributed by atoms with van der Waals surface area (Å²) in [6, 6.07) is -1.07. The van der Waals surface area contributed by atoms with Crippen LogP contribution >= 0.6 is 11.6 Å². The number of Topliss-reactive ketones (excluding diaryl/α,β-unsaturated/α-hetero) is 1. The molecule has 122 valence electrons. The van der Waals surface area contributed by atoms with Gasteiger partial charge in [0.15, 0.2) is 5.78 Å². The number of halogens is 4. The number of hydrogen-bond donors (Lipinski definition) is 0. The summed E-state index contributed by atoms with van der Waals surface area (Å²) in [5.41, 5.74) is -0.825. The molecule has 0 aromatic heterocycles. The van der Waals surface area contributed by atoms with Gasteiger partial charge in [0, 0.05) is 6.42 Å². The highest BCUT2D eigenvalue weighted by Crippen LogP contribution is 2.29. The molecule has 0 bridgehead atoms. The molecular formula is C12H17ClF3NO4. The highest BCUT2D eigenvalue weighted by atomic mass is 35.5. The molecule has 1 amide bonds. The number of alkyl halides is 4. The zero-order chi connectivity index (χ0) is 16.4. The predicted octanol–water partition coefficient (Wildman–Crippen LogP) is 2.71. The minimum atomic E-state index is -4.83. The van der Waals surface area contributed by atoms with Crippen LogP contribution in [0.1, 0.15) is 27.2 Å². The predicted molar refractivity (Wildman–Crippen MR) is 68.0 cm³/mol. The van der Waals surface area contributed by atoms with Crippen LogP contribution in [0, 0.1) is 0 Å². The third-order valence-corrected chi connectivity index (χ3v) is 2.96. The van der Waals surface area contributed by atoms with E-state index in [1.165, 1.54) is 0 Å². The maximum Gasteiger partial charge on any atom is 0.522 e. The number of hydrogen-bond acceptors (Lipinski definition) is 4. The zero-order valence-electron chi connectivity index (χ0n) is 11.9. The number of ketones is 1. The molecule has 2 atom stereocenters. The van der Waals surface area contributed by atoms with Gasteiger partial charge in [0.2, 0.25) is 0 Å². The first kappa shape index (κ1) is 18.0. The van der Waals surface area contributed by atoms with Crippen molar-refractivity contribution in [3.63, 3.8) is 0 Å². The average Bonchev–Trinajstić information content (AvgIpc) is 2.67. The van der Waals surface area contributed by atoms with Crippen LogP contribution in [-0.2, 0) is 14.3 Å². The van der Waals surface area contributed by atoms with Crippen LogP contribution in [0.15, 0.2) is 0 Å². The summed E-state index contributed by atoms with van der Waals surface area (Å²) in [6.07, 6.45) is -7.26. The quantitative estimate of drug-likeness (QED) is 0.746. The topological polar surface area (TPSA) is 55.8 Å². The smallest absolute Gasteiger partial charge is 0.444 e. The van der Waals surface area contributed by atoms with Crippen LogP contribution in [0.3, 0.4) is 0 Å². The van der Waals surface area contributed by atoms with Gasteiger partial charge in [-0.1, -0.05) is 0 Å². The largest absolute Gasteiger partial charge is 0.522 e. The molecule has 1 saturated heterocycles. The van der Waals surface area contributed by atoms with Gasteiger partial charge in [-0.3, -0.25) is 14.4 Å². The van der Waals surface area contributed by atoms with Crippen LogP contribution in [0.25, 0.3) is 0 Å². The Morgan fingerprint density at radius 1 is 1.29 bits per heavy atom. The Kier molecular flexibility index (Phi) is 5.49. The molecule has 21 heavy (non-hydrogen) atoms. The van der Waals surface area contributed by atoms with Gasteiger partial charge in [-0.25, -0.2) is 4.79 Å². The molecule has 0 aromatic carbocycles. The standard InChI is InChI=1S/C12H17ClF3NO4/c1-11(2,3)21-10(19)17-6-7(20-12(14,15)16)4-8(17)9(18)5-13/h7-8H,4-6H2,1-3H3/t7-,8-/m0/s1. The van der Waals surface area contributed by atoms with Gasteiger partial charge in [0.25, 0.3) is 0 Å². The monoisotopic (exact) mass is 331 g/mol. The molecule has 0 N–H and O–H groups in total. The molecule has 1 aliphatic heterocycles. The van der Waals surface area contributed by atoms with Crippen LogP contribution in [0.2, 0.25) is 0 Å². The lowest BCUT2D eigenvalue weighted by Crippen LogP contribution is -2.44. The van der Waals surface area contributed by atoms with Crippen molar-refractivity contribution in [1.29, 1.82) is 0 Å². The lowest BCUT2D eigenvalue weighted by atomic mass is 10.1. The lowest BCUT2D eigenvalue weighted by molar-refractivity contribution is -0.340. The molecule has 1 fully saturated rings. The summed E-state index contributed by atoms with van der Waals surface area (Å²) in [5.74, 6) is -0.946. The van der Waals surface area contributed by atoms with Crippen molar-refractivity contribution in [2.45, 2.75) is 51.3 Å². The average molecular weight is 332 g/mol. The zero-order valence-corrected chi connectivity index (χ0v) is 12.6. The van der Waals surface area contributed by atoms with Crippen LogP contribution in [0.4, 0.5) is 18.0 Å². The van der Waals surface area contributed by atoms with Gasteiger partial charge in [0.1, 0.15) is 5.60 Å². The Labute approximate surface area is 125 Å². The Hall–Kier alpha value is -1.02. The second-order valence-electron chi connectivity index (χ2n) is 5.67. The van der Waals surface area contributed by atoms with Gasteiger partial charge in [-0.05, 0) is 20.8 Å². The second kappa shape index (κ2) is 6.39. The first-order chi connectivity index (χ1) is 9.43. The van der Waals surface area contributed by atoms with E-state index in [4.69, 9.17) is 16.3 Å². The van der Waals surface area contributed by atoms with Gasteiger partial charge >= 0.3 is 12.5 Å². The second-order valence-corrected chi connectivity index (χ2v) is 5.94. The van der Waals surface area contributed by atoms with Crippen LogP contribution < -0.4 is 0 Å². The molecule has 1 aliphatic rings. The van der Waals surface area contributed by atoms with Gasteiger partial charge in [-0.2, -0.15) is 0 Å². The number of nitrogens with zero attached hydrogens (tertiary/aromatic N) is 1. The third kappa shape index (κ3) is 5.70. The van der Waals surface area contributed by atoms with E-state index in [1.807, 2.05) is 0 Å². The Bertz CT molecular complexity index is 408. The molecule has 5 nitrogen and oxygen atoms in total. The first-order valence-corrected chi connectivity index (χ1v) is 6.79. The SMILES string of the molecule is CC(C)(C)OC(=O)N1C[C@@H](OC(F)(F)F)C[C@H]1C(=O)CCl. The number of ether oxygens (including phenoxy) is 2. The van der Waals surface area contributed by atoms with E-state index in [0.29, 0.717) is 0 Å². The van der Waals surface area contributed by atoms with Gasteiger partial charge in [0.05, 0.1) is 24.6 Å².